The number of aryl methyl sites for hydroxylation is 1. The third-order valence-electron chi connectivity index (χ3n) is 4.56. The van der Waals surface area contributed by atoms with Gasteiger partial charge in [-0.2, -0.15) is 5.26 Å². The highest BCUT2D eigenvalue weighted by molar-refractivity contribution is 6.00. The van der Waals surface area contributed by atoms with Crippen molar-refractivity contribution in [3.8, 4) is 11.8 Å². The standard InChI is InChI=1S/C21H22N4O/c1-14-3-6-18(7-4-14)24-21(20(12-22)15(2)23)25-10-9-16-11-19(26)8-5-17(16)13-25/h3-8,11,23-24,26H,9-10,13H2,1-2H3/b21-20+,23-15?. The lowest BCUT2D eigenvalue weighted by atomic mass is 9.99. The fourth-order valence-corrected chi connectivity index (χ4v) is 3.12. The molecule has 0 spiro atoms. The molecule has 132 valence electrons. The molecular weight excluding hydrogens is 324 g/mol. The predicted molar refractivity (Wildman–Crippen MR) is 103 cm³/mol. The van der Waals surface area contributed by atoms with Crippen LogP contribution in [0.5, 0.6) is 5.75 Å². The summed E-state index contributed by atoms with van der Waals surface area (Å²) in [6.07, 6.45) is 0.776. The van der Waals surface area contributed by atoms with E-state index in [4.69, 9.17) is 5.41 Å². The Labute approximate surface area is 153 Å². The summed E-state index contributed by atoms with van der Waals surface area (Å²) in [4.78, 5) is 2.09. The topological polar surface area (TPSA) is 83.1 Å². The van der Waals surface area contributed by atoms with Crippen LogP contribution >= 0.6 is 0 Å². The number of fused-ring (bicyclic) bond motifs is 1. The molecule has 2 aromatic rings. The van der Waals surface area contributed by atoms with E-state index in [9.17, 15) is 10.4 Å². The molecule has 5 nitrogen and oxygen atoms in total. The van der Waals surface area contributed by atoms with Gasteiger partial charge in [-0.05, 0) is 55.7 Å². The Hall–Kier alpha value is -3.26. The zero-order valence-corrected chi connectivity index (χ0v) is 15.0. The maximum atomic E-state index is 9.67. The molecule has 0 aliphatic carbocycles. The quantitative estimate of drug-likeness (QED) is 0.578. The second-order valence-electron chi connectivity index (χ2n) is 6.58. The second kappa shape index (κ2) is 7.32. The van der Waals surface area contributed by atoms with E-state index in [0.717, 1.165) is 28.8 Å². The minimum atomic E-state index is 0.235. The van der Waals surface area contributed by atoms with Crippen LogP contribution in [0.2, 0.25) is 0 Å². The van der Waals surface area contributed by atoms with Gasteiger partial charge in [-0.15, -0.1) is 0 Å². The molecule has 1 heterocycles. The second-order valence-corrected chi connectivity index (χ2v) is 6.58. The largest absolute Gasteiger partial charge is 0.508 e. The van der Waals surface area contributed by atoms with E-state index in [1.165, 1.54) is 0 Å². The molecule has 26 heavy (non-hydrogen) atoms. The number of phenols is 1. The Morgan fingerprint density at radius 1 is 1.19 bits per heavy atom. The summed E-state index contributed by atoms with van der Waals surface area (Å²) in [5.41, 5.74) is 4.87. The SMILES string of the molecule is CC(=N)/C(C#N)=C(\Nc1ccc(C)cc1)N1CCc2cc(O)ccc2C1. The summed E-state index contributed by atoms with van der Waals surface area (Å²) in [6, 6.07) is 15.6. The molecule has 0 radical (unpaired) electrons. The molecule has 5 heteroatoms. The van der Waals surface area contributed by atoms with E-state index >= 15 is 0 Å². The van der Waals surface area contributed by atoms with E-state index in [1.807, 2.05) is 37.3 Å². The first kappa shape index (κ1) is 17.6. The van der Waals surface area contributed by atoms with Crippen LogP contribution in [0.1, 0.15) is 23.6 Å². The summed E-state index contributed by atoms with van der Waals surface area (Å²) in [7, 11) is 0. The molecule has 0 aromatic heterocycles. The fraction of sp³-hybridized carbons (Fsp3) is 0.238. The van der Waals surface area contributed by atoms with Crippen LogP contribution in [0.3, 0.4) is 0 Å². The molecule has 1 aliphatic rings. The zero-order valence-electron chi connectivity index (χ0n) is 15.0. The van der Waals surface area contributed by atoms with Gasteiger partial charge < -0.3 is 20.7 Å². The van der Waals surface area contributed by atoms with E-state index in [2.05, 4.69) is 16.3 Å². The molecule has 3 rings (SSSR count). The van der Waals surface area contributed by atoms with Crippen molar-refractivity contribution in [1.29, 1.82) is 10.7 Å². The summed E-state index contributed by atoms with van der Waals surface area (Å²) in [5.74, 6) is 0.932. The Balaban J connectivity index is 1.96. The van der Waals surface area contributed by atoms with Gasteiger partial charge >= 0.3 is 0 Å². The third-order valence-corrected chi connectivity index (χ3v) is 4.56. The maximum absolute atomic E-state index is 9.67. The van der Waals surface area contributed by atoms with Gasteiger partial charge in [0.1, 0.15) is 23.2 Å². The van der Waals surface area contributed by atoms with Crippen molar-refractivity contribution in [2.24, 2.45) is 0 Å². The lowest BCUT2D eigenvalue weighted by Gasteiger charge is -2.33. The van der Waals surface area contributed by atoms with E-state index in [0.29, 0.717) is 24.5 Å². The average molecular weight is 346 g/mol. The zero-order chi connectivity index (χ0) is 18.7. The number of hydrogen-bond donors (Lipinski definition) is 3. The van der Waals surface area contributed by atoms with Gasteiger partial charge in [0, 0.05) is 24.5 Å². The Morgan fingerprint density at radius 2 is 1.92 bits per heavy atom. The van der Waals surface area contributed by atoms with E-state index < -0.39 is 0 Å². The molecule has 0 fully saturated rings. The Bertz CT molecular complexity index is 907. The minimum absolute atomic E-state index is 0.235. The molecule has 0 amide bonds. The van der Waals surface area contributed by atoms with Crippen molar-refractivity contribution in [3.63, 3.8) is 0 Å². The number of benzene rings is 2. The van der Waals surface area contributed by atoms with Crippen molar-refractivity contribution < 1.29 is 5.11 Å². The predicted octanol–water partition coefficient (Wildman–Crippen LogP) is 3.95. The molecule has 0 atom stereocenters. The summed E-state index contributed by atoms with van der Waals surface area (Å²) in [5, 5.41) is 30.6. The molecule has 3 N–H and O–H groups in total. The maximum Gasteiger partial charge on any atom is 0.126 e. The van der Waals surface area contributed by atoms with Crippen molar-refractivity contribution in [2.45, 2.75) is 26.8 Å². The fourth-order valence-electron chi connectivity index (χ4n) is 3.12. The van der Waals surface area contributed by atoms with E-state index in [-0.39, 0.29) is 11.5 Å². The molecule has 0 bridgehead atoms. The Morgan fingerprint density at radius 3 is 2.58 bits per heavy atom. The number of nitriles is 1. The molecule has 1 aliphatic heterocycles. The van der Waals surface area contributed by atoms with Crippen molar-refractivity contribution >= 4 is 11.4 Å². The van der Waals surface area contributed by atoms with Crippen LogP contribution in [0.15, 0.2) is 53.9 Å². The smallest absolute Gasteiger partial charge is 0.126 e. The summed E-state index contributed by atoms with van der Waals surface area (Å²) in [6.45, 7) is 5.00. The highest BCUT2D eigenvalue weighted by Crippen LogP contribution is 2.27. The van der Waals surface area contributed by atoms with Crippen LogP contribution in [0, 0.1) is 23.7 Å². The van der Waals surface area contributed by atoms with Crippen LogP contribution < -0.4 is 5.32 Å². The van der Waals surface area contributed by atoms with Crippen LogP contribution in [-0.2, 0) is 13.0 Å². The van der Waals surface area contributed by atoms with Crippen LogP contribution in [-0.4, -0.2) is 22.3 Å². The van der Waals surface area contributed by atoms with Gasteiger partial charge in [0.15, 0.2) is 0 Å². The number of nitrogens with zero attached hydrogens (tertiary/aromatic N) is 2. The monoisotopic (exact) mass is 346 g/mol. The van der Waals surface area contributed by atoms with Gasteiger partial charge in [0.2, 0.25) is 0 Å². The number of rotatable bonds is 4. The lowest BCUT2D eigenvalue weighted by molar-refractivity contribution is 0.324. The van der Waals surface area contributed by atoms with Gasteiger partial charge in [0.25, 0.3) is 0 Å². The van der Waals surface area contributed by atoms with Crippen LogP contribution in [0.25, 0.3) is 0 Å². The first-order chi connectivity index (χ1) is 12.5. The molecule has 0 saturated heterocycles. The van der Waals surface area contributed by atoms with Gasteiger partial charge in [-0.25, -0.2) is 0 Å². The highest BCUT2D eigenvalue weighted by Gasteiger charge is 2.22. The van der Waals surface area contributed by atoms with Crippen molar-refractivity contribution in [2.75, 3.05) is 11.9 Å². The Kier molecular flexibility index (Phi) is 4.94. The molecule has 2 aromatic carbocycles. The highest BCUT2D eigenvalue weighted by atomic mass is 16.3. The third kappa shape index (κ3) is 3.70. The number of phenolic OH excluding ortho intramolecular Hbond substituents is 1. The van der Waals surface area contributed by atoms with Gasteiger partial charge in [0.05, 0.1) is 0 Å². The normalized spacial score (nSPS) is 14.1. The number of aromatic hydroxyl groups is 1. The molecule has 0 saturated carbocycles. The summed E-state index contributed by atoms with van der Waals surface area (Å²) < 4.78 is 0. The van der Waals surface area contributed by atoms with Crippen molar-refractivity contribution in [1.82, 2.24) is 4.90 Å². The first-order valence-electron chi connectivity index (χ1n) is 8.57. The summed E-state index contributed by atoms with van der Waals surface area (Å²) >= 11 is 0. The number of allylic oxidation sites excluding steroid dienone is 1. The average Bonchev–Trinajstić information content (AvgIpc) is 2.62. The molecule has 0 unspecified atom stereocenters. The number of hydrogen-bond acceptors (Lipinski definition) is 5. The minimum Gasteiger partial charge on any atom is -0.508 e. The number of anilines is 1. The van der Waals surface area contributed by atoms with Crippen molar-refractivity contribution in [3.05, 3.63) is 70.5 Å². The molecular formula is C21H22N4O. The van der Waals surface area contributed by atoms with Gasteiger partial charge in [-0.1, -0.05) is 23.8 Å². The van der Waals surface area contributed by atoms with E-state index in [1.54, 1.807) is 19.1 Å². The van der Waals surface area contributed by atoms with Crippen LogP contribution in [0.4, 0.5) is 5.69 Å². The lowest BCUT2D eigenvalue weighted by Crippen LogP contribution is -2.34. The number of nitrogens with one attached hydrogen (secondary N) is 2. The van der Waals surface area contributed by atoms with Gasteiger partial charge in [-0.3, -0.25) is 0 Å². The first-order valence-corrected chi connectivity index (χ1v) is 8.57.